The Balaban J connectivity index is 1.53. The summed E-state index contributed by atoms with van der Waals surface area (Å²) in [4.78, 5) is 20.9. The van der Waals surface area contributed by atoms with Crippen molar-refractivity contribution < 1.29 is 4.79 Å². The molecular weight excluding hydrogens is 332 g/mol. The average Bonchev–Trinajstić information content (AvgIpc) is 2.99. The summed E-state index contributed by atoms with van der Waals surface area (Å²) in [6.07, 6.45) is 4.06. The number of hydrogen-bond acceptors (Lipinski definition) is 4. The van der Waals surface area contributed by atoms with E-state index in [0.717, 1.165) is 16.4 Å². The predicted molar refractivity (Wildman–Crippen MR) is 102 cm³/mol. The molecule has 5 nitrogen and oxygen atoms in total. The van der Waals surface area contributed by atoms with Gasteiger partial charge in [0, 0.05) is 37.0 Å². The number of aryl methyl sites for hydroxylation is 3. The molecule has 0 aliphatic heterocycles. The molecule has 2 aromatic heterocycles. The van der Waals surface area contributed by atoms with Gasteiger partial charge in [0.2, 0.25) is 5.91 Å². The van der Waals surface area contributed by atoms with E-state index in [1.807, 2.05) is 17.8 Å². The fourth-order valence-corrected chi connectivity index (χ4v) is 3.55. The molecule has 0 spiro atoms. The van der Waals surface area contributed by atoms with Crippen LogP contribution in [0.1, 0.15) is 23.4 Å². The highest BCUT2D eigenvalue weighted by Crippen LogP contribution is 2.24. The number of aromatic nitrogens is 3. The van der Waals surface area contributed by atoms with Gasteiger partial charge in [0.05, 0.1) is 17.1 Å². The molecule has 6 heteroatoms. The lowest BCUT2D eigenvalue weighted by Crippen LogP contribution is -2.24. The van der Waals surface area contributed by atoms with Gasteiger partial charge in [0.15, 0.2) is 0 Å². The van der Waals surface area contributed by atoms with E-state index in [1.165, 1.54) is 16.5 Å². The van der Waals surface area contributed by atoms with Crippen LogP contribution in [0.4, 0.5) is 0 Å². The highest BCUT2D eigenvalue weighted by molar-refractivity contribution is 7.99. The Kier molecular flexibility index (Phi) is 5.38. The molecule has 0 aliphatic rings. The summed E-state index contributed by atoms with van der Waals surface area (Å²) in [5.41, 5.74) is 3.46. The van der Waals surface area contributed by atoms with E-state index in [0.29, 0.717) is 18.7 Å². The Morgan fingerprint density at radius 3 is 2.88 bits per heavy atom. The summed E-state index contributed by atoms with van der Waals surface area (Å²) in [5.74, 6) is 1.59. The summed E-state index contributed by atoms with van der Waals surface area (Å²) in [7, 11) is 1.92. The van der Waals surface area contributed by atoms with Crippen LogP contribution in [0.5, 0.6) is 0 Å². The molecule has 0 saturated carbocycles. The number of imidazole rings is 1. The Bertz CT molecular complexity index is 904. The number of nitrogens with zero attached hydrogens (tertiary/aromatic N) is 3. The first kappa shape index (κ1) is 17.5. The molecule has 0 unspecified atom stereocenters. The third-order valence-corrected chi connectivity index (χ3v) is 5.00. The number of amides is 1. The summed E-state index contributed by atoms with van der Waals surface area (Å²) < 4.78 is 1.90. The molecule has 1 N–H and O–H groups in total. The number of fused-ring (bicyclic) bond motifs is 1. The van der Waals surface area contributed by atoms with E-state index >= 15 is 0 Å². The summed E-state index contributed by atoms with van der Waals surface area (Å²) in [6.45, 7) is 4.65. The Labute approximate surface area is 151 Å². The number of carbonyl (C=O) groups excluding carboxylic acids is 1. The molecule has 130 valence electrons. The van der Waals surface area contributed by atoms with Crippen molar-refractivity contribution in [2.75, 3.05) is 5.75 Å². The maximum atomic E-state index is 12.0. The normalized spacial score (nSPS) is 11.0. The molecule has 1 aromatic carbocycles. The van der Waals surface area contributed by atoms with Gasteiger partial charge in [0.1, 0.15) is 5.82 Å². The summed E-state index contributed by atoms with van der Waals surface area (Å²) in [6, 6.07) is 8.39. The summed E-state index contributed by atoms with van der Waals surface area (Å²) in [5, 5.41) is 5.06. The number of pyridine rings is 1. The minimum absolute atomic E-state index is 0.0311. The van der Waals surface area contributed by atoms with Gasteiger partial charge in [0.25, 0.3) is 0 Å². The number of hydrogen-bond donors (Lipinski definition) is 1. The first-order valence-electron chi connectivity index (χ1n) is 8.26. The molecule has 2 heterocycles. The Morgan fingerprint density at radius 1 is 1.28 bits per heavy atom. The van der Waals surface area contributed by atoms with E-state index in [9.17, 15) is 4.79 Å². The zero-order valence-electron chi connectivity index (χ0n) is 14.7. The van der Waals surface area contributed by atoms with E-state index in [2.05, 4.69) is 48.4 Å². The molecule has 25 heavy (non-hydrogen) atoms. The van der Waals surface area contributed by atoms with Crippen LogP contribution in [-0.2, 0) is 18.4 Å². The van der Waals surface area contributed by atoms with Crippen LogP contribution < -0.4 is 5.32 Å². The lowest BCUT2D eigenvalue weighted by Gasteiger charge is -2.08. The maximum Gasteiger partial charge on any atom is 0.221 e. The van der Waals surface area contributed by atoms with Crippen molar-refractivity contribution in [2.24, 2.45) is 7.05 Å². The molecule has 1 amide bonds. The van der Waals surface area contributed by atoms with Gasteiger partial charge in [-0.3, -0.25) is 4.79 Å². The monoisotopic (exact) mass is 354 g/mol. The van der Waals surface area contributed by atoms with Gasteiger partial charge in [-0.2, -0.15) is 0 Å². The van der Waals surface area contributed by atoms with Crippen molar-refractivity contribution >= 4 is 28.6 Å². The molecule has 0 fully saturated rings. The zero-order valence-corrected chi connectivity index (χ0v) is 15.6. The number of thioether (sulfide) groups is 1. The molecule has 3 rings (SSSR count). The van der Waals surface area contributed by atoms with Crippen molar-refractivity contribution in [3.63, 3.8) is 0 Å². The number of carbonyl (C=O) groups is 1. The van der Waals surface area contributed by atoms with E-state index < -0.39 is 0 Å². The fraction of sp³-hybridized carbons (Fsp3) is 0.316. The second-order valence-corrected chi connectivity index (χ2v) is 7.24. The van der Waals surface area contributed by atoms with Gasteiger partial charge in [-0.05, 0) is 37.6 Å². The second-order valence-electron chi connectivity index (χ2n) is 6.13. The third kappa shape index (κ3) is 4.39. The molecule has 3 aromatic rings. The molecule has 0 atom stereocenters. The van der Waals surface area contributed by atoms with Crippen LogP contribution in [0, 0.1) is 13.8 Å². The van der Waals surface area contributed by atoms with Gasteiger partial charge in [-0.1, -0.05) is 11.6 Å². The van der Waals surface area contributed by atoms with Crippen molar-refractivity contribution in [1.82, 2.24) is 19.9 Å². The maximum absolute atomic E-state index is 12.0. The SMILES string of the molecule is Cc1ccc2nc(SCCC(=O)NCc3nccn3C)cc(C)c2c1. The highest BCUT2D eigenvalue weighted by Gasteiger charge is 2.07. The third-order valence-electron chi connectivity index (χ3n) is 4.09. The van der Waals surface area contributed by atoms with Crippen molar-refractivity contribution in [3.8, 4) is 0 Å². The lowest BCUT2D eigenvalue weighted by molar-refractivity contribution is -0.120. The zero-order chi connectivity index (χ0) is 17.8. The average molecular weight is 354 g/mol. The van der Waals surface area contributed by atoms with Gasteiger partial charge in [-0.15, -0.1) is 11.8 Å². The quantitative estimate of drug-likeness (QED) is 0.690. The minimum atomic E-state index is 0.0311. The van der Waals surface area contributed by atoms with E-state index in [-0.39, 0.29) is 5.91 Å². The van der Waals surface area contributed by atoms with Gasteiger partial charge < -0.3 is 9.88 Å². The van der Waals surface area contributed by atoms with Crippen LogP contribution >= 0.6 is 11.8 Å². The fourth-order valence-electron chi connectivity index (χ4n) is 2.63. The second kappa shape index (κ2) is 7.70. The van der Waals surface area contributed by atoms with Crippen LogP contribution in [-0.4, -0.2) is 26.2 Å². The first-order chi connectivity index (χ1) is 12.0. The van der Waals surface area contributed by atoms with Crippen LogP contribution in [0.25, 0.3) is 10.9 Å². The lowest BCUT2D eigenvalue weighted by atomic mass is 10.1. The van der Waals surface area contributed by atoms with Crippen LogP contribution in [0.2, 0.25) is 0 Å². The van der Waals surface area contributed by atoms with Crippen molar-refractivity contribution in [3.05, 3.63) is 53.6 Å². The van der Waals surface area contributed by atoms with Crippen molar-refractivity contribution in [1.29, 1.82) is 0 Å². The Hall–Kier alpha value is -2.34. The number of nitrogens with one attached hydrogen (secondary N) is 1. The topological polar surface area (TPSA) is 59.8 Å². The standard InChI is InChI=1S/C19H22N4OS/c1-13-4-5-16-15(10-13)14(2)11-19(22-16)25-9-6-18(24)21-12-17-20-7-8-23(17)3/h4-5,7-8,10-11H,6,9,12H2,1-3H3,(H,21,24). The van der Waals surface area contributed by atoms with Crippen LogP contribution in [0.3, 0.4) is 0 Å². The molecular formula is C19H22N4OS. The minimum Gasteiger partial charge on any atom is -0.349 e. The molecule has 0 bridgehead atoms. The molecule has 0 saturated heterocycles. The Morgan fingerprint density at radius 2 is 2.12 bits per heavy atom. The smallest absolute Gasteiger partial charge is 0.221 e. The largest absolute Gasteiger partial charge is 0.349 e. The van der Waals surface area contributed by atoms with E-state index in [4.69, 9.17) is 4.98 Å². The van der Waals surface area contributed by atoms with Gasteiger partial charge in [-0.25, -0.2) is 9.97 Å². The molecule has 0 radical (unpaired) electrons. The number of benzene rings is 1. The van der Waals surface area contributed by atoms with E-state index in [1.54, 1.807) is 18.0 Å². The van der Waals surface area contributed by atoms with Crippen LogP contribution in [0.15, 0.2) is 41.7 Å². The van der Waals surface area contributed by atoms with Gasteiger partial charge >= 0.3 is 0 Å². The first-order valence-corrected chi connectivity index (χ1v) is 9.25. The summed E-state index contributed by atoms with van der Waals surface area (Å²) >= 11 is 1.62. The highest BCUT2D eigenvalue weighted by atomic mass is 32.2. The van der Waals surface area contributed by atoms with Crippen molar-refractivity contribution in [2.45, 2.75) is 31.8 Å². The predicted octanol–water partition coefficient (Wildman–Crippen LogP) is 3.38. The molecule has 0 aliphatic carbocycles. The number of rotatable bonds is 6.